The van der Waals surface area contributed by atoms with Crippen molar-refractivity contribution in [3.05, 3.63) is 59.5 Å². The molecule has 1 saturated heterocycles. The van der Waals surface area contributed by atoms with Gasteiger partial charge in [0.2, 0.25) is 5.82 Å². The van der Waals surface area contributed by atoms with Crippen LogP contribution in [0.2, 0.25) is 0 Å². The number of likely N-dealkylation sites (tertiary alicyclic amines) is 1. The van der Waals surface area contributed by atoms with Crippen molar-refractivity contribution >= 4 is 28.5 Å². The quantitative estimate of drug-likeness (QED) is 0.386. The number of aromatic nitrogens is 4. The Bertz CT molecular complexity index is 1670. The molecular weight excluding hydrogens is 516 g/mol. The second kappa shape index (κ2) is 9.63. The van der Waals surface area contributed by atoms with Crippen molar-refractivity contribution in [1.82, 2.24) is 25.1 Å². The highest BCUT2D eigenvalue weighted by molar-refractivity contribution is 6.02. The number of carbonyl (C=O) groups is 3. The largest absolute Gasteiger partial charge is 0.496 e. The maximum atomic E-state index is 13.5. The second-order valence-electron chi connectivity index (χ2n) is 9.83. The van der Waals surface area contributed by atoms with E-state index in [1.54, 1.807) is 49.5 Å². The van der Waals surface area contributed by atoms with Crippen LogP contribution in [0.3, 0.4) is 0 Å². The summed E-state index contributed by atoms with van der Waals surface area (Å²) in [7, 11) is 3.11. The summed E-state index contributed by atoms with van der Waals surface area (Å²) in [5.74, 6) is 0.734. The number of nitrogens with two attached hydrogens (primary N) is 1. The van der Waals surface area contributed by atoms with E-state index in [0.29, 0.717) is 59.8 Å². The number of carbonyl (C=O) groups excluding carboxylic acids is 3. The fourth-order valence-corrected chi connectivity index (χ4v) is 5.33. The number of rotatable bonds is 5. The predicted molar refractivity (Wildman–Crippen MR) is 143 cm³/mol. The summed E-state index contributed by atoms with van der Waals surface area (Å²) in [5, 5.41) is 7.24. The van der Waals surface area contributed by atoms with Crippen LogP contribution in [0.4, 0.5) is 0 Å². The molecule has 4 heterocycles. The summed E-state index contributed by atoms with van der Waals surface area (Å²) in [6.07, 6.45) is 1.16. The summed E-state index contributed by atoms with van der Waals surface area (Å²) >= 11 is 0. The fraction of sp³-hybridized carbons (Fsp3) is 0.286. The number of pyridine rings is 1. The Morgan fingerprint density at radius 3 is 2.52 bits per heavy atom. The third-order valence-electron chi connectivity index (χ3n) is 7.45. The molecule has 0 bridgehead atoms. The first-order chi connectivity index (χ1) is 19.3. The SMILES string of the molecule is COc1cc(C(=O)N2CCC3(CC2)CC(=O)c2cc(-c4n[nH]c(C(N)=O)n4)ccc2O3)nc2c(OC)cccc12. The second-order valence-corrected chi connectivity index (χ2v) is 9.83. The van der Waals surface area contributed by atoms with Gasteiger partial charge >= 0.3 is 0 Å². The molecule has 3 N–H and O–H groups in total. The average Bonchev–Trinajstić information content (AvgIpc) is 3.47. The van der Waals surface area contributed by atoms with Crippen LogP contribution in [0.5, 0.6) is 17.2 Å². The highest BCUT2D eigenvalue weighted by atomic mass is 16.5. The minimum absolute atomic E-state index is 0.0629. The molecular formula is C28H26N6O6. The number of hydrogen-bond acceptors (Lipinski definition) is 9. The van der Waals surface area contributed by atoms with E-state index in [2.05, 4.69) is 20.2 Å². The lowest BCUT2D eigenvalue weighted by Gasteiger charge is -2.43. The van der Waals surface area contributed by atoms with E-state index in [1.165, 1.54) is 0 Å². The lowest BCUT2D eigenvalue weighted by molar-refractivity contribution is -0.00584. The molecule has 2 aromatic heterocycles. The third-order valence-corrected chi connectivity index (χ3v) is 7.45. The normalized spacial score (nSPS) is 15.9. The van der Waals surface area contributed by atoms with Crippen molar-refractivity contribution in [3.63, 3.8) is 0 Å². The number of hydrogen-bond donors (Lipinski definition) is 2. The van der Waals surface area contributed by atoms with Crippen molar-refractivity contribution < 1.29 is 28.6 Å². The highest BCUT2D eigenvalue weighted by Crippen LogP contribution is 2.41. The van der Waals surface area contributed by atoms with Crippen molar-refractivity contribution in [2.24, 2.45) is 5.73 Å². The van der Waals surface area contributed by atoms with E-state index in [1.807, 2.05) is 12.1 Å². The number of amides is 2. The maximum absolute atomic E-state index is 13.5. The Kier molecular flexibility index (Phi) is 6.09. The summed E-state index contributed by atoms with van der Waals surface area (Å²) in [4.78, 5) is 48.4. The third kappa shape index (κ3) is 4.27. The number of aromatic amines is 1. The van der Waals surface area contributed by atoms with Gasteiger partial charge in [0, 0.05) is 42.9 Å². The number of Topliss-reactive ketones (excluding diaryl/α,β-unsaturated/α-hetero) is 1. The molecule has 2 aliphatic rings. The number of ether oxygens (including phenoxy) is 3. The van der Waals surface area contributed by atoms with Gasteiger partial charge < -0.3 is 24.8 Å². The van der Waals surface area contributed by atoms with Gasteiger partial charge in [0.15, 0.2) is 11.6 Å². The molecule has 2 aromatic carbocycles. The van der Waals surface area contributed by atoms with Gasteiger partial charge in [-0.3, -0.25) is 19.5 Å². The first kappa shape index (κ1) is 25.3. The van der Waals surface area contributed by atoms with Gasteiger partial charge in [-0.2, -0.15) is 5.10 Å². The summed E-state index contributed by atoms with van der Waals surface area (Å²) in [5.41, 5.74) is 6.33. The van der Waals surface area contributed by atoms with Crippen LogP contribution in [0.25, 0.3) is 22.3 Å². The molecule has 1 fully saturated rings. The zero-order valence-electron chi connectivity index (χ0n) is 21.9. The summed E-state index contributed by atoms with van der Waals surface area (Å²) in [6, 6.07) is 12.2. The van der Waals surface area contributed by atoms with Crippen molar-refractivity contribution in [2.75, 3.05) is 27.3 Å². The number of fused-ring (bicyclic) bond motifs is 2. The van der Waals surface area contributed by atoms with Gasteiger partial charge in [0.25, 0.3) is 11.8 Å². The molecule has 0 unspecified atom stereocenters. The minimum atomic E-state index is -0.724. The summed E-state index contributed by atoms with van der Waals surface area (Å²) < 4.78 is 17.4. The Hall–Kier alpha value is -5.00. The molecule has 2 aliphatic heterocycles. The first-order valence-corrected chi connectivity index (χ1v) is 12.7. The van der Waals surface area contributed by atoms with Crippen LogP contribution in [-0.4, -0.2) is 75.6 Å². The fourth-order valence-electron chi connectivity index (χ4n) is 5.33. The van der Waals surface area contributed by atoms with Crippen LogP contribution < -0.4 is 19.9 Å². The number of benzene rings is 2. The lowest BCUT2D eigenvalue weighted by atomic mass is 9.82. The molecule has 1 spiro atoms. The molecule has 40 heavy (non-hydrogen) atoms. The molecule has 4 aromatic rings. The highest BCUT2D eigenvalue weighted by Gasteiger charge is 2.44. The van der Waals surface area contributed by atoms with Gasteiger partial charge in [-0.15, -0.1) is 0 Å². The number of para-hydroxylation sites is 1. The predicted octanol–water partition coefficient (Wildman–Crippen LogP) is 2.78. The molecule has 6 rings (SSSR count). The van der Waals surface area contributed by atoms with Crippen LogP contribution in [0, 0.1) is 0 Å². The molecule has 12 nitrogen and oxygen atoms in total. The topological polar surface area (TPSA) is 163 Å². The van der Waals surface area contributed by atoms with Gasteiger partial charge in [-0.25, -0.2) is 9.97 Å². The minimum Gasteiger partial charge on any atom is -0.496 e. The van der Waals surface area contributed by atoms with Gasteiger partial charge in [-0.05, 0) is 30.3 Å². The van der Waals surface area contributed by atoms with E-state index in [-0.39, 0.29) is 35.5 Å². The number of nitrogens with zero attached hydrogens (tertiary/aromatic N) is 4. The molecule has 0 aliphatic carbocycles. The Morgan fingerprint density at radius 1 is 1.05 bits per heavy atom. The number of ketones is 1. The zero-order valence-corrected chi connectivity index (χ0v) is 21.9. The maximum Gasteiger partial charge on any atom is 0.286 e. The molecule has 204 valence electrons. The van der Waals surface area contributed by atoms with Crippen LogP contribution in [0.1, 0.15) is 50.7 Å². The summed E-state index contributed by atoms with van der Waals surface area (Å²) in [6.45, 7) is 0.807. The zero-order chi connectivity index (χ0) is 28.0. The Labute approximate surface area is 228 Å². The number of methoxy groups -OCH3 is 2. The Balaban J connectivity index is 1.20. The number of H-pyrrole nitrogens is 1. The van der Waals surface area contributed by atoms with Crippen molar-refractivity contribution in [1.29, 1.82) is 0 Å². The van der Waals surface area contributed by atoms with Crippen LogP contribution in [-0.2, 0) is 0 Å². The van der Waals surface area contributed by atoms with E-state index < -0.39 is 11.5 Å². The molecule has 12 heteroatoms. The standard InChI is InChI=1S/C28H26N6O6/c1-38-21-5-3-4-16-22(39-2)13-18(30-23(16)21)27(37)34-10-8-28(9-11-34)14-19(35)17-12-15(6-7-20(17)40-28)25-31-26(24(29)36)33-32-25/h3-7,12-13H,8-11,14H2,1-2H3,(H2,29,36)(H,31,32,33). The molecule has 0 radical (unpaired) electrons. The van der Waals surface area contributed by atoms with Crippen LogP contribution in [0.15, 0.2) is 42.5 Å². The molecule has 0 atom stereocenters. The average molecular weight is 543 g/mol. The van der Waals surface area contributed by atoms with Gasteiger partial charge in [0.05, 0.1) is 26.2 Å². The van der Waals surface area contributed by atoms with Crippen molar-refractivity contribution in [3.8, 4) is 28.6 Å². The number of primary amides is 1. The monoisotopic (exact) mass is 542 g/mol. The van der Waals surface area contributed by atoms with E-state index in [0.717, 1.165) is 5.39 Å². The van der Waals surface area contributed by atoms with Crippen molar-refractivity contribution in [2.45, 2.75) is 24.9 Å². The van der Waals surface area contributed by atoms with E-state index in [9.17, 15) is 14.4 Å². The van der Waals surface area contributed by atoms with Gasteiger partial charge in [0.1, 0.15) is 34.1 Å². The first-order valence-electron chi connectivity index (χ1n) is 12.7. The van der Waals surface area contributed by atoms with Gasteiger partial charge in [-0.1, -0.05) is 6.07 Å². The number of piperidine rings is 1. The van der Waals surface area contributed by atoms with Crippen LogP contribution >= 0.6 is 0 Å². The lowest BCUT2D eigenvalue weighted by Crippen LogP contribution is -2.52. The van der Waals surface area contributed by atoms with E-state index >= 15 is 0 Å². The molecule has 2 amide bonds. The van der Waals surface area contributed by atoms with E-state index in [4.69, 9.17) is 19.9 Å². The Morgan fingerprint density at radius 2 is 1.82 bits per heavy atom. The smallest absolute Gasteiger partial charge is 0.286 e. The molecule has 0 saturated carbocycles. The number of nitrogens with one attached hydrogen (secondary N) is 1.